The van der Waals surface area contributed by atoms with Gasteiger partial charge in [-0.05, 0) is 54.9 Å². The summed E-state index contributed by atoms with van der Waals surface area (Å²) in [4.78, 5) is 15.2. The van der Waals surface area contributed by atoms with Crippen LogP contribution in [-0.2, 0) is 13.1 Å². The number of rotatable bonds is 1. The maximum atomic E-state index is 13.0. The number of hydrogen-bond acceptors (Lipinski definition) is 2. The van der Waals surface area contributed by atoms with Crippen molar-refractivity contribution in [1.82, 2.24) is 10.2 Å². The molecule has 1 N–H and O–H groups in total. The van der Waals surface area contributed by atoms with Crippen molar-refractivity contribution in [2.45, 2.75) is 57.7 Å². The van der Waals surface area contributed by atoms with Crippen molar-refractivity contribution >= 4 is 18.3 Å². The van der Waals surface area contributed by atoms with Gasteiger partial charge in [0.25, 0.3) is 5.91 Å². The van der Waals surface area contributed by atoms with E-state index >= 15 is 0 Å². The minimum absolute atomic E-state index is 0. The number of amides is 1. The first kappa shape index (κ1) is 15.8. The molecule has 2 atom stereocenters. The first-order valence-electron chi connectivity index (χ1n) is 8.46. The van der Waals surface area contributed by atoms with Crippen LogP contribution in [0.5, 0.6) is 0 Å². The minimum Gasteiger partial charge on any atom is -0.335 e. The Balaban J connectivity index is 0.00000144. The molecule has 1 saturated heterocycles. The lowest BCUT2D eigenvalue weighted by Crippen LogP contribution is -2.49. The van der Waals surface area contributed by atoms with Gasteiger partial charge in [-0.1, -0.05) is 18.9 Å². The van der Waals surface area contributed by atoms with E-state index in [4.69, 9.17) is 0 Å². The molecule has 1 aromatic carbocycles. The van der Waals surface area contributed by atoms with Crippen molar-refractivity contribution in [3.8, 4) is 0 Å². The molecule has 3 nitrogen and oxygen atoms in total. The second-order valence-corrected chi connectivity index (χ2v) is 6.84. The molecule has 0 aromatic heterocycles. The SMILES string of the molecule is Cl.O=C(c1ccc2c(c1)CNC2)N1CCCC2CCCCC21. The fourth-order valence-corrected chi connectivity index (χ4v) is 4.47. The van der Waals surface area contributed by atoms with Gasteiger partial charge in [-0.3, -0.25) is 4.79 Å². The molecule has 1 aliphatic carbocycles. The molecule has 2 heterocycles. The summed E-state index contributed by atoms with van der Waals surface area (Å²) in [6.07, 6.45) is 7.68. The van der Waals surface area contributed by atoms with Crippen LogP contribution in [0.4, 0.5) is 0 Å². The Bertz CT molecular complexity index is 558. The van der Waals surface area contributed by atoms with Crippen molar-refractivity contribution in [3.63, 3.8) is 0 Å². The summed E-state index contributed by atoms with van der Waals surface area (Å²) in [7, 11) is 0. The predicted molar refractivity (Wildman–Crippen MR) is 90.3 cm³/mol. The van der Waals surface area contributed by atoms with Crippen LogP contribution in [0.3, 0.4) is 0 Å². The number of nitrogens with one attached hydrogen (secondary N) is 1. The molecule has 1 aromatic rings. The maximum absolute atomic E-state index is 13.0. The monoisotopic (exact) mass is 320 g/mol. The van der Waals surface area contributed by atoms with Crippen molar-refractivity contribution in [2.24, 2.45) is 5.92 Å². The number of carbonyl (C=O) groups excluding carboxylic acids is 1. The number of hydrogen-bond donors (Lipinski definition) is 1. The Morgan fingerprint density at radius 3 is 2.73 bits per heavy atom. The first-order chi connectivity index (χ1) is 10.3. The van der Waals surface area contributed by atoms with Crippen LogP contribution in [0.15, 0.2) is 18.2 Å². The smallest absolute Gasteiger partial charge is 0.254 e. The van der Waals surface area contributed by atoms with Crippen LogP contribution in [0.25, 0.3) is 0 Å². The van der Waals surface area contributed by atoms with E-state index in [0.717, 1.165) is 31.1 Å². The number of likely N-dealkylation sites (tertiary alicyclic amines) is 1. The van der Waals surface area contributed by atoms with Crippen molar-refractivity contribution < 1.29 is 4.79 Å². The lowest BCUT2D eigenvalue weighted by atomic mass is 9.78. The highest BCUT2D eigenvalue weighted by Crippen LogP contribution is 2.36. The third kappa shape index (κ3) is 2.77. The molecule has 2 aliphatic heterocycles. The van der Waals surface area contributed by atoms with Crippen molar-refractivity contribution in [1.29, 1.82) is 0 Å². The summed E-state index contributed by atoms with van der Waals surface area (Å²) in [5.74, 6) is 1.02. The second kappa shape index (κ2) is 6.59. The Morgan fingerprint density at radius 1 is 1.05 bits per heavy atom. The largest absolute Gasteiger partial charge is 0.335 e. The second-order valence-electron chi connectivity index (χ2n) is 6.84. The van der Waals surface area contributed by atoms with E-state index < -0.39 is 0 Å². The van der Waals surface area contributed by atoms with Crippen molar-refractivity contribution in [2.75, 3.05) is 6.54 Å². The number of carbonyl (C=O) groups is 1. The van der Waals surface area contributed by atoms with E-state index in [9.17, 15) is 4.79 Å². The summed E-state index contributed by atoms with van der Waals surface area (Å²) in [5.41, 5.74) is 3.54. The fraction of sp³-hybridized carbons (Fsp3) is 0.611. The zero-order valence-electron chi connectivity index (χ0n) is 13.0. The third-order valence-corrected chi connectivity index (χ3v) is 5.59. The number of halogens is 1. The highest BCUT2D eigenvalue weighted by Gasteiger charge is 2.36. The normalized spacial score (nSPS) is 26.8. The molecule has 2 fully saturated rings. The summed E-state index contributed by atoms with van der Waals surface area (Å²) in [6, 6.07) is 6.78. The number of nitrogens with zero attached hydrogens (tertiary/aromatic N) is 1. The lowest BCUT2D eigenvalue weighted by molar-refractivity contribution is 0.0390. The molecule has 0 spiro atoms. The third-order valence-electron chi connectivity index (χ3n) is 5.59. The van der Waals surface area contributed by atoms with Gasteiger partial charge in [0.1, 0.15) is 0 Å². The maximum Gasteiger partial charge on any atom is 0.254 e. The topological polar surface area (TPSA) is 32.3 Å². The standard InChI is InChI=1S/C18H24N2O.ClH/c21-18(14-7-8-15-11-19-12-16(15)10-14)20-9-3-5-13-4-1-2-6-17(13)20;/h7-8,10,13,17,19H,1-6,9,11-12H2;1H. The Kier molecular flexibility index (Phi) is 4.74. The summed E-state index contributed by atoms with van der Waals surface area (Å²) < 4.78 is 0. The molecule has 0 radical (unpaired) electrons. The van der Waals surface area contributed by atoms with Gasteiger partial charge in [0.15, 0.2) is 0 Å². The van der Waals surface area contributed by atoms with E-state index in [1.807, 2.05) is 6.07 Å². The molecule has 120 valence electrons. The molecule has 3 aliphatic rings. The molecule has 2 unspecified atom stereocenters. The van der Waals surface area contributed by atoms with Gasteiger partial charge in [-0.2, -0.15) is 0 Å². The lowest BCUT2D eigenvalue weighted by Gasteiger charge is -2.44. The average Bonchev–Trinajstić information content (AvgIpc) is 3.01. The van der Waals surface area contributed by atoms with Gasteiger partial charge in [0.2, 0.25) is 0 Å². The molecule has 1 amide bonds. The highest BCUT2D eigenvalue weighted by molar-refractivity contribution is 5.94. The number of piperidine rings is 1. The Labute approximate surface area is 138 Å². The van der Waals surface area contributed by atoms with Gasteiger partial charge in [0, 0.05) is 31.2 Å². The molecular formula is C18H25ClN2O. The van der Waals surface area contributed by atoms with E-state index in [1.54, 1.807) is 0 Å². The van der Waals surface area contributed by atoms with Crippen molar-refractivity contribution in [3.05, 3.63) is 34.9 Å². The van der Waals surface area contributed by atoms with E-state index in [2.05, 4.69) is 22.3 Å². The summed E-state index contributed by atoms with van der Waals surface area (Å²) in [6.45, 7) is 2.80. The molecule has 1 saturated carbocycles. The van der Waals surface area contributed by atoms with Gasteiger partial charge < -0.3 is 10.2 Å². The molecule has 4 rings (SSSR count). The quantitative estimate of drug-likeness (QED) is 0.859. The summed E-state index contributed by atoms with van der Waals surface area (Å²) >= 11 is 0. The van der Waals surface area contributed by atoms with E-state index in [1.165, 1.54) is 49.7 Å². The molecule has 4 heteroatoms. The molecule has 22 heavy (non-hydrogen) atoms. The van der Waals surface area contributed by atoms with Crippen LogP contribution < -0.4 is 5.32 Å². The Morgan fingerprint density at radius 2 is 1.82 bits per heavy atom. The molecular weight excluding hydrogens is 296 g/mol. The zero-order valence-corrected chi connectivity index (χ0v) is 13.8. The van der Waals surface area contributed by atoms with Gasteiger partial charge in [-0.15, -0.1) is 12.4 Å². The van der Waals surface area contributed by atoms with Gasteiger partial charge in [0.05, 0.1) is 0 Å². The van der Waals surface area contributed by atoms with Crippen LogP contribution in [0.1, 0.15) is 60.0 Å². The highest BCUT2D eigenvalue weighted by atomic mass is 35.5. The van der Waals surface area contributed by atoms with Crippen LogP contribution in [-0.4, -0.2) is 23.4 Å². The number of benzene rings is 1. The zero-order chi connectivity index (χ0) is 14.2. The Hall–Kier alpha value is -1.06. The van der Waals surface area contributed by atoms with Crippen LogP contribution in [0.2, 0.25) is 0 Å². The van der Waals surface area contributed by atoms with E-state index in [-0.39, 0.29) is 18.3 Å². The average molecular weight is 321 g/mol. The molecule has 0 bridgehead atoms. The summed E-state index contributed by atoms with van der Waals surface area (Å²) in [5, 5.41) is 3.35. The first-order valence-corrected chi connectivity index (χ1v) is 8.46. The van der Waals surface area contributed by atoms with Crippen LogP contribution >= 0.6 is 12.4 Å². The predicted octanol–water partition coefficient (Wildman–Crippen LogP) is 3.51. The van der Waals surface area contributed by atoms with E-state index in [0.29, 0.717) is 6.04 Å². The fourth-order valence-electron chi connectivity index (χ4n) is 4.47. The van der Waals surface area contributed by atoms with Gasteiger partial charge in [-0.25, -0.2) is 0 Å². The van der Waals surface area contributed by atoms with Gasteiger partial charge >= 0.3 is 0 Å². The number of fused-ring (bicyclic) bond motifs is 2. The minimum atomic E-state index is 0. The van der Waals surface area contributed by atoms with Crippen LogP contribution in [0, 0.1) is 5.92 Å².